The molecule has 3 aromatic rings. The fourth-order valence-electron chi connectivity index (χ4n) is 3.40. The minimum absolute atomic E-state index is 0.200. The van der Waals surface area contributed by atoms with Crippen LogP contribution in [0.1, 0.15) is 5.56 Å². The molecule has 5 nitrogen and oxygen atoms in total. The Morgan fingerprint density at radius 1 is 1.06 bits per heavy atom. The van der Waals surface area contributed by atoms with Crippen LogP contribution in [-0.4, -0.2) is 17.1 Å². The van der Waals surface area contributed by atoms with Crippen LogP contribution in [0.4, 0.5) is 15.8 Å². The molecule has 34 heavy (non-hydrogen) atoms. The smallest absolute Gasteiger partial charge is 0.269 e. The average Bonchev–Trinajstić information content (AvgIpc) is 3.13. The number of carbonyl (C=O) groups excluding carboxylic acids is 2. The Bertz CT molecular complexity index is 1320. The monoisotopic (exact) mass is 511 g/mol. The number of nitrogens with one attached hydrogen (secondary N) is 1. The molecule has 1 heterocycles. The molecule has 0 aliphatic carbocycles. The molecule has 3 aromatic carbocycles. The highest BCUT2D eigenvalue weighted by Gasteiger charge is 2.41. The Kier molecular flexibility index (Phi) is 7.23. The van der Waals surface area contributed by atoms with Gasteiger partial charge in [0.25, 0.3) is 5.91 Å². The molecule has 1 atom stereocenters. The van der Waals surface area contributed by atoms with E-state index in [2.05, 4.69) is 5.32 Å². The molecular formula is C25H16Cl2FN3O2S. The summed E-state index contributed by atoms with van der Waals surface area (Å²) < 4.78 is 13.2. The van der Waals surface area contributed by atoms with E-state index in [0.717, 1.165) is 17.3 Å². The van der Waals surface area contributed by atoms with Gasteiger partial charge in [0, 0.05) is 21.4 Å². The van der Waals surface area contributed by atoms with E-state index in [4.69, 9.17) is 23.2 Å². The first kappa shape index (κ1) is 23.8. The van der Waals surface area contributed by atoms with E-state index in [1.807, 2.05) is 18.2 Å². The van der Waals surface area contributed by atoms with Gasteiger partial charge in [-0.05, 0) is 66.6 Å². The molecule has 170 valence electrons. The van der Waals surface area contributed by atoms with Crippen LogP contribution in [0.25, 0.3) is 0 Å². The SMILES string of the molecule is N#C/C(C(=O)Nc1ccc(F)cc1)=C1\S[C@H](Cc2ccccc2Cl)C(=O)N1c1ccc(Cl)cc1. The Labute approximate surface area is 209 Å². The van der Waals surface area contributed by atoms with E-state index in [1.54, 1.807) is 36.4 Å². The van der Waals surface area contributed by atoms with Crippen LogP contribution in [0.3, 0.4) is 0 Å². The Hall–Kier alpha value is -3.31. The van der Waals surface area contributed by atoms with Crippen LogP contribution in [0.2, 0.25) is 10.0 Å². The molecule has 1 fully saturated rings. The number of amides is 2. The van der Waals surface area contributed by atoms with Gasteiger partial charge in [-0.2, -0.15) is 5.26 Å². The first-order valence-electron chi connectivity index (χ1n) is 10.1. The molecule has 0 saturated carbocycles. The molecule has 0 unspecified atom stereocenters. The van der Waals surface area contributed by atoms with Crippen molar-refractivity contribution < 1.29 is 14.0 Å². The van der Waals surface area contributed by atoms with Crippen LogP contribution in [0, 0.1) is 17.1 Å². The molecule has 0 aromatic heterocycles. The summed E-state index contributed by atoms with van der Waals surface area (Å²) in [5.74, 6) is -1.45. The summed E-state index contributed by atoms with van der Waals surface area (Å²) in [5.41, 5.74) is 1.33. The zero-order valence-corrected chi connectivity index (χ0v) is 19.8. The normalized spacial score (nSPS) is 16.8. The van der Waals surface area contributed by atoms with Gasteiger partial charge in [-0.1, -0.05) is 53.2 Å². The third-order valence-corrected chi connectivity index (χ3v) is 6.94. The summed E-state index contributed by atoms with van der Waals surface area (Å²) in [6.45, 7) is 0. The fraction of sp³-hybridized carbons (Fsp3) is 0.0800. The summed E-state index contributed by atoms with van der Waals surface area (Å²) in [6.07, 6.45) is 0.315. The Balaban J connectivity index is 1.73. The summed E-state index contributed by atoms with van der Waals surface area (Å²) in [7, 11) is 0. The van der Waals surface area contributed by atoms with Gasteiger partial charge in [0.05, 0.1) is 5.25 Å². The van der Waals surface area contributed by atoms with Gasteiger partial charge in [-0.15, -0.1) is 0 Å². The van der Waals surface area contributed by atoms with E-state index < -0.39 is 17.0 Å². The second kappa shape index (κ2) is 10.3. The molecule has 1 N–H and O–H groups in total. The van der Waals surface area contributed by atoms with E-state index in [9.17, 15) is 19.2 Å². The zero-order chi connectivity index (χ0) is 24.2. The maximum atomic E-state index is 13.5. The van der Waals surface area contributed by atoms with Gasteiger partial charge in [0.15, 0.2) is 0 Å². The number of nitriles is 1. The number of hydrogen-bond donors (Lipinski definition) is 1. The third kappa shape index (κ3) is 5.10. The molecular weight excluding hydrogens is 496 g/mol. The van der Waals surface area contributed by atoms with Gasteiger partial charge in [-0.3, -0.25) is 14.5 Å². The number of hydrogen-bond acceptors (Lipinski definition) is 4. The molecule has 9 heteroatoms. The lowest BCUT2D eigenvalue weighted by Gasteiger charge is -2.19. The van der Waals surface area contributed by atoms with Crippen LogP contribution in [-0.2, 0) is 16.0 Å². The van der Waals surface area contributed by atoms with Crippen LogP contribution in [0.5, 0.6) is 0 Å². The first-order valence-corrected chi connectivity index (χ1v) is 11.7. The molecule has 0 bridgehead atoms. The van der Waals surface area contributed by atoms with Gasteiger partial charge in [0.2, 0.25) is 5.91 Å². The van der Waals surface area contributed by atoms with Crippen molar-refractivity contribution in [3.63, 3.8) is 0 Å². The topological polar surface area (TPSA) is 73.2 Å². The first-order chi connectivity index (χ1) is 16.4. The van der Waals surface area contributed by atoms with Gasteiger partial charge >= 0.3 is 0 Å². The second-order valence-electron chi connectivity index (χ2n) is 7.31. The van der Waals surface area contributed by atoms with Gasteiger partial charge < -0.3 is 5.32 Å². The maximum absolute atomic E-state index is 13.5. The van der Waals surface area contributed by atoms with E-state index in [0.29, 0.717) is 27.8 Å². The van der Waals surface area contributed by atoms with Crippen molar-refractivity contribution in [2.45, 2.75) is 11.7 Å². The number of halogens is 3. The lowest BCUT2D eigenvalue weighted by atomic mass is 10.1. The van der Waals surface area contributed by atoms with Crippen molar-refractivity contribution in [2.24, 2.45) is 0 Å². The minimum atomic E-state index is -0.707. The molecule has 0 spiro atoms. The number of rotatable bonds is 5. The highest BCUT2D eigenvalue weighted by molar-refractivity contribution is 8.05. The van der Waals surface area contributed by atoms with Gasteiger partial charge in [-0.25, -0.2) is 4.39 Å². The summed E-state index contributed by atoms with van der Waals surface area (Å²) in [6, 6.07) is 20.8. The zero-order valence-electron chi connectivity index (χ0n) is 17.5. The largest absolute Gasteiger partial charge is 0.321 e. The standard InChI is InChI=1S/C25H16Cl2FN3O2S/c26-16-5-11-19(12-6-16)31-24(33)22(13-15-3-1-2-4-21(15)27)34-25(31)20(14-29)23(32)30-18-9-7-17(28)8-10-18/h1-12,22H,13H2,(H,30,32)/b25-20+/t22-/m1/s1. The van der Waals surface area contributed by atoms with E-state index >= 15 is 0 Å². The highest BCUT2D eigenvalue weighted by atomic mass is 35.5. The maximum Gasteiger partial charge on any atom is 0.269 e. The number of carbonyl (C=O) groups is 2. The van der Waals surface area contributed by atoms with Crippen molar-refractivity contribution in [3.8, 4) is 6.07 Å². The third-order valence-electron chi connectivity index (χ3n) is 5.06. The molecule has 4 rings (SSSR count). The predicted molar refractivity (Wildman–Crippen MR) is 133 cm³/mol. The Morgan fingerprint density at radius 3 is 2.38 bits per heavy atom. The fourth-order valence-corrected chi connectivity index (χ4v) is 5.04. The molecule has 1 aliphatic rings. The molecule has 2 amide bonds. The van der Waals surface area contributed by atoms with Crippen molar-refractivity contribution in [2.75, 3.05) is 10.2 Å². The number of benzene rings is 3. The highest BCUT2D eigenvalue weighted by Crippen LogP contribution is 2.42. The lowest BCUT2D eigenvalue weighted by molar-refractivity contribution is -0.117. The predicted octanol–water partition coefficient (Wildman–Crippen LogP) is 6.20. The quantitative estimate of drug-likeness (QED) is 0.327. The minimum Gasteiger partial charge on any atom is -0.321 e. The summed E-state index contributed by atoms with van der Waals surface area (Å²) >= 11 is 13.4. The molecule has 1 saturated heterocycles. The number of thioether (sulfide) groups is 1. The van der Waals surface area contributed by atoms with E-state index in [-0.39, 0.29) is 16.5 Å². The van der Waals surface area contributed by atoms with Crippen molar-refractivity contribution in [3.05, 3.63) is 105 Å². The van der Waals surface area contributed by atoms with Crippen LogP contribution < -0.4 is 10.2 Å². The van der Waals surface area contributed by atoms with Crippen LogP contribution >= 0.6 is 35.0 Å². The average molecular weight is 512 g/mol. The van der Waals surface area contributed by atoms with Crippen molar-refractivity contribution in [1.82, 2.24) is 0 Å². The summed E-state index contributed by atoms with van der Waals surface area (Å²) in [4.78, 5) is 27.8. The number of anilines is 2. The number of nitrogens with zero attached hydrogens (tertiary/aromatic N) is 2. The molecule has 0 radical (unpaired) electrons. The van der Waals surface area contributed by atoms with E-state index in [1.165, 1.54) is 29.2 Å². The summed E-state index contributed by atoms with van der Waals surface area (Å²) in [5, 5.41) is 13.1. The lowest BCUT2D eigenvalue weighted by Crippen LogP contribution is -2.31. The van der Waals surface area contributed by atoms with Crippen LogP contribution in [0.15, 0.2) is 83.4 Å². The van der Waals surface area contributed by atoms with Crippen molar-refractivity contribution >= 4 is 58.2 Å². The van der Waals surface area contributed by atoms with Crippen molar-refractivity contribution in [1.29, 1.82) is 5.26 Å². The molecule has 1 aliphatic heterocycles. The Morgan fingerprint density at radius 2 is 1.74 bits per heavy atom. The second-order valence-corrected chi connectivity index (χ2v) is 9.34. The van der Waals surface area contributed by atoms with Gasteiger partial charge in [0.1, 0.15) is 22.5 Å².